The summed E-state index contributed by atoms with van der Waals surface area (Å²) in [6.45, 7) is 4.31. The van der Waals surface area contributed by atoms with E-state index in [2.05, 4.69) is 54.3 Å². The molecule has 0 spiro atoms. The summed E-state index contributed by atoms with van der Waals surface area (Å²) >= 11 is 1.75. The first-order valence-electron chi connectivity index (χ1n) is 6.25. The summed E-state index contributed by atoms with van der Waals surface area (Å²) in [4.78, 5) is 0. The lowest BCUT2D eigenvalue weighted by atomic mass is 9.94. The topological polar surface area (TPSA) is 38.0 Å². The molecule has 2 nitrogen and oxygen atoms in total. The van der Waals surface area contributed by atoms with Crippen molar-refractivity contribution in [3.8, 4) is 0 Å². The maximum atomic E-state index is 5.72. The van der Waals surface area contributed by atoms with Crippen LogP contribution in [0.25, 0.3) is 0 Å². The number of thiophene rings is 1. The molecular formula is C15H20N2S. The first-order valence-corrected chi connectivity index (χ1v) is 7.20. The number of nitrogens with one attached hydrogen (secondary N) is 1. The van der Waals surface area contributed by atoms with Crippen molar-refractivity contribution in [1.29, 1.82) is 0 Å². The molecule has 2 aromatic rings. The molecule has 1 aromatic heterocycles. The second-order valence-corrected chi connectivity index (χ2v) is 5.46. The van der Waals surface area contributed by atoms with Gasteiger partial charge in [-0.1, -0.05) is 18.2 Å². The van der Waals surface area contributed by atoms with E-state index >= 15 is 0 Å². The molecule has 0 aliphatic rings. The highest BCUT2D eigenvalue weighted by Gasteiger charge is 2.13. The Kier molecular flexibility index (Phi) is 4.53. The van der Waals surface area contributed by atoms with Gasteiger partial charge in [0.05, 0.1) is 0 Å². The molecule has 0 bridgehead atoms. The molecule has 0 aliphatic heterocycles. The van der Waals surface area contributed by atoms with Gasteiger partial charge in [0, 0.05) is 6.04 Å². The van der Waals surface area contributed by atoms with Gasteiger partial charge in [0.1, 0.15) is 0 Å². The van der Waals surface area contributed by atoms with Crippen molar-refractivity contribution < 1.29 is 0 Å². The van der Waals surface area contributed by atoms with Crippen molar-refractivity contribution in [2.24, 2.45) is 5.84 Å². The van der Waals surface area contributed by atoms with Crippen LogP contribution in [0, 0.1) is 13.8 Å². The average molecular weight is 260 g/mol. The van der Waals surface area contributed by atoms with Crippen molar-refractivity contribution in [3.05, 3.63) is 57.3 Å². The fourth-order valence-electron chi connectivity index (χ4n) is 2.23. The highest BCUT2D eigenvalue weighted by Crippen LogP contribution is 2.24. The van der Waals surface area contributed by atoms with Crippen LogP contribution in [0.2, 0.25) is 0 Å². The molecule has 3 heteroatoms. The minimum atomic E-state index is 0.227. The monoisotopic (exact) mass is 260 g/mol. The Morgan fingerprint density at radius 3 is 2.78 bits per heavy atom. The Bertz CT molecular complexity index is 491. The molecule has 0 amide bonds. The minimum absolute atomic E-state index is 0.227. The van der Waals surface area contributed by atoms with Gasteiger partial charge in [0.2, 0.25) is 0 Å². The normalized spacial score (nSPS) is 12.6. The van der Waals surface area contributed by atoms with E-state index in [0.717, 1.165) is 12.8 Å². The van der Waals surface area contributed by atoms with Crippen molar-refractivity contribution in [3.63, 3.8) is 0 Å². The lowest BCUT2D eigenvalue weighted by Gasteiger charge is -2.19. The first kappa shape index (κ1) is 13.3. The summed E-state index contributed by atoms with van der Waals surface area (Å²) in [6, 6.07) is 8.82. The van der Waals surface area contributed by atoms with E-state index in [0.29, 0.717) is 0 Å². The number of hydrogen-bond acceptors (Lipinski definition) is 3. The average Bonchev–Trinajstić information content (AvgIpc) is 2.88. The zero-order valence-electron chi connectivity index (χ0n) is 10.9. The number of benzene rings is 1. The van der Waals surface area contributed by atoms with Crippen LogP contribution in [0.1, 0.15) is 34.7 Å². The maximum absolute atomic E-state index is 5.72. The van der Waals surface area contributed by atoms with E-state index in [9.17, 15) is 0 Å². The lowest BCUT2D eigenvalue weighted by molar-refractivity contribution is 0.514. The summed E-state index contributed by atoms with van der Waals surface area (Å²) in [5.74, 6) is 5.72. The third-order valence-electron chi connectivity index (χ3n) is 3.52. The molecule has 0 aliphatic carbocycles. The minimum Gasteiger partial charge on any atom is -0.271 e. The number of hydrazine groups is 1. The summed E-state index contributed by atoms with van der Waals surface area (Å²) in [5.41, 5.74) is 8.32. The second kappa shape index (κ2) is 6.14. The quantitative estimate of drug-likeness (QED) is 0.638. The molecule has 1 unspecified atom stereocenters. The molecule has 0 saturated heterocycles. The molecule has 0 fully saturated rings. The number of hydrogen-bond donors (Lipinski definition) is 2. The number of rotatable bonds is 5. The zero-order valence-corrected chi connectivity index (χ0v) is 11.8. The number of aryl methyl sites for hydroxylation is 2. The third kappa shape index (κ3) is 2.99. The highest BCUT2D eigenvalue weighted by atomic mass is 32.1. The first-order chi connectivity index (χ1) is 8.72. The third-order valence-corrected chi connectivity index (χ3v) is 4.26. The van der Waals surface area contributed by atoms with Crippen LogP contribution in [0.15, 0.2) is 35.0 Å². The Hall–Kier alpha value is -1.16. The largest absolute Gasteiger partial charge is 0.271 e. The van der Waals surface area contributed by atoms with Gasteiger partial charge in [-0.25, -0.2) is 0 Å². The van der Waals surface area contributed by atoms with E-state index in [-0.39, 0.29) is 6.04 Å². The molecule has 1 heterocycles. The molecule has 3 N–H and O–H groups in total. The van der Waals surface area contributed by atoms with E-state index < -0.39 is 0 Å². The summed E-state index contributed by atoms with van der Waals surface area (Å²) in [6.07, 6.45) is 2.09. The van der Waals surface area contributed by atoms with E-state index in [4.69, 9.17) is 5.84 Å². The van der Waals surface area contributed by atoms with Gasteiger partial charge < -0.3 is 0 Å². The van der Waals surface area contributed by atoms with E-state index in [1.54, 1.807) is 11.3 Å². The summed E-state index contributed by atoms with van der Waals surface area (Å²) in [5, 5.41) is 4.33. The highest BCUT2D eigenvalue weighted by molar-refractivity contribution is 7.07. The predicted molar refractivity (Wildman–Crippen MR) is 78.6 cm³/mol. The Morgan fingerprint density at radius 2 is 2.11 bits per heavy atom. The van der Waals surface area contributed by atoms with Gasteiger partial charge >= 0.3 is 0 Å². The van der Waals surface area contributed by atoms with Crippen LogP contribution < -0.4 is 11.3 Å². The van der Waals surface area contributed by atoms with Crippen molar-refractivity contribution in [2.45, 2.75) is 32.7 Å². The van der Waals surface area contributed by atoms with Gasteiger partial charge in [-0.2, -0.15) is 11.3 Å². The SMILES string of the molecule is Cc1cccc(C(CCc2ccsc2)NN)c1C. The van der Waals surface area contributed by atoms with Crippen molar-refractivity contribution >= 4 is 11.3 Å². The zero-order chi connectivity index (χ0) is 13.0. The van der Waals surface area contributed by atoms with Crippen LogP contribution in [0.3, 0.4) is 0 Å². The molecule has 18 heavy (non-hydrogen) atoms. The Labute approximate surface area is 113 Å². The molecule has 96 valence electrons. The summed E-state index contributed by atoms with van der Waals surface area (Å²) < 4.78 is 0. The van der Waals surface area contributed by atoms with Gasteiger partial charge in [-0.05, 0) is 65.8 Å². The van der Waals surface area contributed by atoms with E-state index in [1.807, 2.05) is 0 Å². The van der Waals surface area contributed by atoms with Crippen LogP contribution in [-0.2, 0) is 6.42 Å². The fourth-order valence-corrected chi connectivity index (χ4v) is 2.93. The van der Waals surface area contributed by atoms with Crippen LogP contribution >= 0.6 is 11.3 Å². The molecule has 1 atom stereocenters. The second-order valence-electron chi connectivity index (χ2n) is 4.68. The molecule has 2 rings (SSSR count). The molecule has 0 saturated carbocycles. The van der Waals surface area contributed by atoms with Crippen LogP contribution in [-0.4, -0.2) is 0 Å². The molecular weight excluding hydrogens is 240 g/mol. The van der Waals surface area contributed by atoms with Crippen LogP contribution in [0.5, 0.6) is 0 Å². The fraction of sp³-hybridized carbons (Fsp3) is 0.333. The van der Waals surface area contributed by atoms with Crippen molar-refractivity contribution in [1.82, 2.24) is 5.43 Å². The predicted octanol–water partition coefficient (Wildman–Crippen LogP) is 3.50. The maximum Gasteiger partial charge on any atom is 0.0465 e. The van der Waals surface area contributed by atoms with Gasteiger partial charge in [-0.3, -0.25) is 11.3 Å². The Morgan fingerprint density at radius 1 is 1.28 bits per heavy atom. The van der Waals surface area contributed by atoms with E-state index in [1.165, 1.54) is 22.3 Å². The summed E-state index contributed by atoms with van der Waals surface area (Å²) in [7, 11) is 0. The Balaban J connectivity index is 2.10. The standard InChI is InChI=1S/C15H20N2S/c1-11-4-3-5-14(12(11)2)15(17-16)7-6-13-8-9-18-10-13/h3-5,8-10,15,17H,6-7,16H2,1-2H3. The van der Waals surface area contributed by atoms with Crippen LogP contribution in [0.4, 0.5) is 0 Å². The number of nitrogens with two attached hydrogens (primary N) is 1. The molecule has 1 aromatic carbocycles. The van der Waals surface area contributed by atoms with Gasteiger partial charge in [-0.15, -0.1) is 0 Å². The lowest BCUT2D eigenvalue weighted by Crippen LogP contribution is -2.29. The smallest absolute Gasteiger partial charge is 0.0465 e. The van der Waals surface area contributed by atoms with Crippen molar-refractivity contribution in [2.75, 3.05) is 0 Å². The molecule has 0 radical (unpaired) electrons. The van der Waals surface area contributed by atoms with Gasteiger partial charge in [0.25, 0.3) is 0 Å². The van der Waals surface area contributed by atoms with Gasteiger partial charge in [0.15, 0.2) is 0 Å².